The fraction of sp³-hybridized carbons (Fsp3) is 0.923. The molecule has 0 radical (unpaired) electrons. The standard InChI is InChI=1S/C13H25NO/c1-5-13(14-9-15)8-11(4)6-7-12(13)10(2)3/h9-12H,5-8H2,1-4H3,(H,14,15)/t11-,12+,13-/m0/s1. The molecule has 0 aromatic heterocycles. The van der Waals surface area contributed by atoms with Gasteiger partial charge in [-0.25, -0.2) is 0 Å². The molecule has 15 heavy (non-hydrogen) atoms. The Kier molecular flexibility index (Phi) is 4.18. The lowest BCUT2D eigenvalue weighted by Gasteiger charge is -2.47. The Morgan fingerprint density at radius 2 is 2.13 bits per heavy atom. The predicted molar refractivity (Wildman–Crippen MR) is 63.6 cm³/mol. The Bertz CT molecular complexity index is 215. The molecule has 2 nitrogen and oxygen atoms in total. The second-order valence-electron chi connectivity index (χ2n) is 5.51. The topological polar surface area (TPSA) is 29.1 Å². The van der Waals surface area contributed by atoms with Gasteiger partial charge in [0, 0.05) is 5.54 Å². The van der Waals surface area contributed by atoms with E-state index < -0.39 is 0 Å². The molecule has 88 valence electrons. The van der Waals surface area contributed by atoms with Crippen LogP contribution in [0, 0.1) is 17.8 Å². The Morgan fingerprint density at radius 3 is 2.60 bits per heavy atom. The van der Waals surface area contributed by atoms with E-state index >= 15 is 0 Å². The van der Waals surface area contributed by atoms with Gasteiger partial charge in [-0.15, -0.1) is 0 Å². The summed E-state index contributed by atoms with van der Waals surface area (Å²) in [6.07, 6.45) is 5.67. The zero-order valence-corrected chi connectivity index (χ0v) is 10.5. The molecular weight excluding hydrogens is 186 g/mol. The minimum absolute atomic E-state index is 0.0631. The van der Waals surface area contributed by atoms with Crippen LogP contribution in [0.3, 0.4) is 0 Å². The molecule has 1 saturated carbocycles. The van der Waals surface area contributed by atoms with Gasteiger partial charge in [-0.05, 0) is 37.0 Å². The third kappa shape index (κ3) is 2.53. The molecule has 0 bridgehead atoms. The highest BCUT2D eigenvalue weighted by molar-refractivity contribution is 5.48. The van der Waals surface area contributed by atoms with Gasteiger partial charge in [-0.1, -0.05) is 34.1 Å². The van der Waals surface area contributed by atoms with Crippen LogP contribution in [-0.2, 0) is 4.79 Å². The molecule has 1 amide bonds. The van der Waals surface area contributed by atoms with Crippen LogP contribution in [0.4, 0.5) is 0 Å². The van der Waals surface area contributed by atoms with Crippen LogP contribution in [0.2, 0.25) is 0 Å². The number of nitrogens with one attached hydrogen (secondary N) is 1. The first-order valence-corrected chi connectivity index (χ1v) is 6.27. The van der Waals surface area contributed by atoms with E-state index in [9.17, 15) is 4.79 Å². The lowest BCUT2D eigenvalue weighted by Crippen LogP contribution is -2.55. The molecule has 3 atom stereocenters. The van der Waals surface area contributed by atoms with E-state index in [1.54, 1.807) is 0 Å². The normalized spacial score (nSPS) is 36.6. The number of rotatable bonds is 4. The third-order valence-electron chi connectivity index (χ3n) is 4.17. The first-order valence-electron chi connectivity index (χ1n) is 6.27. The van der Waals surface area contributed by atoms with Crippen molar-refractivity contribution in [1.29, 1.82) is 0 Å². The molecule has 0 aromatic carbocycles. The summed E-state index contributed by atoms with van der Waals surface area (Å²) in [4.78, 5) is 10.8. The SMILES string of the molecule is CC[C@]1(NC=O)C[C@@H](C)CC[C@@H]1C(C)C. The maximum Gasteiger partial charge on any atom is 0.207 e. The average molecular weight is 211 g/mol. The summed E-state index contributed by atoms with van der Waals surface area (Å²) in [6, 6.07) is 0. The number of carbonyl (C=O) groups is 1. The summed E-state index contributed by atoms with van der Waals surface area (Å²) in [5.74, 6) is 2.04. The minimum Gasteiger partial charge on any atom is -0.353 e. The predicted octanol–water partition coefficient (Wildman–Crippen LogP) is 2.97. The lowest BCUT2D eigenvalue weighted by atomic mass is 9.64. The highest BCUT2D eigenvalue weighted by Crippen LogP contribution is 2.42. The van der Waals surface area contributed by atoms with Crippen molar-refractivity contribution in [2.24, 2.45) is 17.8 Å². The number of hydrogen-bond acceptors (Lipinski definition) is 1. The molecule has 0 spiro atoms. The lowest BCUT2D eigenvalue weighted by molar-refractivity contribution is -0.113. The molecule has 0 aromatic rings. The fourth-order valence-corrected chi connectivity index (χ4v) is 3.38. The van der Waals surface area contributed by atoms with Crippen molar-refractivity contribution in [3.05, 3.63) is 0 Å². The minimum atomic E-state index is 0.0631. The van der Waals surface area contributed by atoms with Gasteiger partial charge in [0.25, 0.3) is 0 Å². The van der Waals surface area contributed by atoms with Crippen LogP contribution in [0.1, 0.15) is 53.4 Å². The van der Waals surface area contributed by atoms with Crippen LogP contribution in [0.5, 0.6) is 0 Å². The van der Waals surface area contributed by atoms with E-state index in [2.05, 4.69) is 33.0 Å². The number of hydrogen-bond donors (Lipinski definition) is 1. The molecular formula is C13H25NO. The van der Waals surface area contributed by atoms with Crippen molar-refractivity contribution in [2.75, 3.05) is 0 Å². The third-order valence-corrected chi connectivity index (χ3v) is 4.17. The number of amides is 1. The maximum atomic E-state index is 10.8. The fourth-order valence-electron chi connectivity index (χ4n) is 3.38. The summed E-state index contributed by atoms with van der Waals surface area (Å²) in [6.45, 7) is 9.05. The van der Waals surface area contributed by atoms with Crippen molar-refractivity contribution in [3.8, 4) is 0 Å². The summed E-state index contributed by atoms with van der Waals surface area (Å²) in [5, 5.41) is 3.13. The monoisotopic (exact) mass is 211 g/mol. The smallest absolute Gasteiger partial charge is 0.207 e. The van der Waals surface area contributed by atoms with E-state index in [4.69, 9.17) is 0 Å². The van der Waals surface area contributed by atoms with Gasteiger partial charge in [0.15, 0.2) is 0 Å². The molecule has 1 N–H and O–H groups in total. The van der Waals surface area contributed by atoms with Gasteiger partial charge < -0.3 is 5.32 Å². The molecule has 0 unspecified atom stereocenters. The molecule has 1 rings (SSSR count). The molecule has 2 heteroatoms. The van der Waals surface area contributed by atoms with E-state index in [0.29, 0.717) is 11.8 Å². The van der Waals surface area contributed by atoms with Gasteiger partial charge in [-0.2, -0.15) is 0 Å². The summed E-state index contributed by atoms with van der Waals surface area (Å²) < 4.78 is 0. The van der Waals surface area contributed by atoms with Gasteiger partial charge in [-0.3, -0.25) is 4.79 Å². The van der Waals surface area contributed by atoms with Crippen LogP contribution in [-0.4, -0.2) is 11.9 Å². The first kappa shape index (κ1) is 12.5. The van der Waals surface area contributed by atoms with Gasteiger partial charge in [0.2, 0.25) is 6.41 Å². The molecule has 0 aliphatic heterocycles. The second-order valence-corrected chi connectivity index (χ2v) is 5.51. The molecule has 0 saturated heterocycles. The van der Waals surface area contributed by atoms with Crippen molar-refractivity contribution in [2.45, 2.75) is 58.9 Å². The van der Waals surface area contributed by atoms with Crippen molar-refractivity contribution in [1.82, 2.24) is 5.32 Å². The van der Waals surface area contributed by atoms with Gasteiger partial charge >= 0.3 is 0 Å². The van der Waals surface area contributed by atoms with E-state index in [1.165, 1.54) is 12.8 Å². The van der Waals surface area contributed by atoms with E-state index in [1.807, 2.05) is 0 Å². The van der Waals surface area contributed by atoms with Crippen LogP contribution in [0.15, 0.2) is 0 Å². The van der Waals surface area contributed by atoms with Crippen molar-refractivity contribution < 1.29 is 4.79 Å². The zero-order valence-electron chi connectivity index (χ0n) is 10.5. The van der Waals surface area contributed by atoms with Crippen LogP contribution in [0.25, 0.3) is 0 Å². The van der Waals surface area contributed by atoms with E-state index in [0.717, 1.165) is 25.2 Å². The summed E-state index contributed by atoms with van der Waals surface area (Å²) >= 11 is 0. The molecule has 0 heterocycles. The average Bonchev–Trinajstić information content (AvgIpc) is 2.17. The highest BCUT2D eigenvalue weighted by Gasteiger charge is 2.42. The van der Waals surface area contributed by atoms with Crippen LogP contribution < -0.4 is 5.32 Å². The quantitative estimate of drug-likeness (QED) is 0.712. The van der Waals surface area contributed by atoms with E-state index in [-0.39, 0.29) is 5.54 Å². The van der Waals surface area contributed by atoms with Crippen molar-refractivity contribution in [3.63, 3.8) is 0 Å². The largest absolute Gasteiger partial charge is 0.353 e. The Hall–Kier alpha value is -0.530. The summed E-state index contributed by atoms with van der Waals surface area (Å²) in [5.41, 5.74) is 0.0631. The van der Waals surface area contributed by atoms with Gasteiger partial charge in [0.1, 0.15) is 0 Å². The highest BCUT2D eigenvalue weighted by atomic mass is 16.1. The summed E-state index contributed by atoms with van der Waals surface area (Å²) in [7, 11) is 0. The Balaban J connectivity index is 2.87. The maximum absolute atomic E-state index is 10.8. The van der Waals surface area contributed by atoms with Gasteiger partial charge in [0.05, 0.1) is 0 Å². The Morgan fingerprint density at radius 1 is 1.47 bits per heavy atom. The molecule has 1 aliphatic rings. The Labute approximate surface area is 93.8 Å². The molecule has 1 fully saturated rings. The molecule has 1 aliphatic carbocycles. The first-order chi connectivity index (χ1) is 7.05. The number of carbonyl (C=O) groups excluding carboxylic acids is 1. The zero-order chi connectivity index (χ0) is 11.5. The van der Waals surface area contributed by atoms with Crippen LogP contribution >= 0.6 is 0 Å². The van der Waals surface area contributed by atoms with Crippen molar-refractivity contribution >= 4 is 6.41 Å². The second kappa shape index (κ2) is 5.00.